The van der Waals surface area contributed by atoms with Crippen molar-refractivity contribution in [2.24, 2.45) is 0 Å². The van der Waals surface area contributed by atoms with Crippen molar-refractivity contribution < 1.29 is 13.9 Å². The molecular weight excluding hydrogens is 323 g/mol. The van der Waals surface area contributed by atoms with Crippen LogP contribution in [0.4, 0.5) is 4.39 Å². The van der Waals surface area contributed by atoms with Crippen molar-refractivity contribution in [3.63, 3.8) is 0 Å². The van der Waals surface area contributed by atoms with E-state index in [4.69, 9.17) is 9.47 Å². The molecule has 0 aliphatic carbocycles. The van der Waals surface area contributed by atoms with Gasteiger partial charge in [0.1, 0.15) is 17.3 Å². The van der Waals surface area contributed by atoms with Crippen molar-refractivity contribution in [2.75, 3.05) is 14.2 Å². The lowest BCUT2D eigenvalue weighted by molar-refractivity contribution is 0.399. The smallest absolute Gasteiger partial charge is 0.123 e. The fourth-order valence-corrected chi connectivity index (χ4v) is 2.75. The summed E-state index contributed by atoms with van der Waals surface area (Å²) in [5, 5.41) is 0. The maximum Gasteiger partial charge on any atom is 0.123 e. The number of alkyl halides is 1. The Bertz CT molecular complexity index is 593. The van der Waals surface area contributed by atoms with Gasteiger partial charge in [0.25, 0.3) is 0 Å². The van der Waals surface area contributed by atoms with Crippen LogP contribution in [0.2, 0.25) is 0 Å². The first-order valence-electron chi connectivity index (χ1n) is 6.18. The average molecular weight is 339 g/mol. The van der Waals surface area contributed by atoms with Gasteiger partial charge in [-0.05, 0) is 48.4 Å². The van der Waals surface area contributed by atoms with Gasteiger partial charge >= 0.3 is 0 Å². The van der Waals surface area contributed by atoms with E-state index < -0.39 is 0 Å². The SMILES string of the molecule is COc1ccc(OC)c(C(Br)c2cc(C)cc(F)c2)c1. The van der Waals surface area contributed by atoms with Gasteiger partial charge in [-0.2, -0.15) is 0 Å². The maximum atomic E-state index is 13.6. The van der Waals surface area contributed by atoms with Gasteiger partial charge in [0.15, 0.2) is 0 Å². The van der Waals surface area contributed by atoms with Crippen molar-refractivity contribution in [1.29, 1.82) is 0 Å². The molecule has 0 radical (unpaired) electrons. The Kier molecular flexibility index (Phi) is 4.65. The molecule has 1 atom stereocenters. The Morgan fingerprint density at radius 1 is 1.05 bits per heavy atom. The van der Waals surface area contributed by atoms with Crippen LogP contribution in [0.5, 0.6) is 11.5 Å². The molecule has 0 aromatic heterocycles. The summed E-state index contributed by atoms with van der Waals surface area (Å²) in [5.41, 5.74) is 2.62. The number of hydrogen-bond acceptors (Lipinski definition) is 2. The molecule has 0 saturated heterocycles. The molecule has 1 unspecified atom stereocenters. The first kappa shape index (κ1) is 14.9. The van der Waals surface area contributed by atoms with Gasteiger partial charge in [-0.15, -0.1) is 0 Å². The molecular formula is C16H16BrFO2. The minimum Gasteiger partial charge on any atom is -0.497 e. The highest BCUT2D eigenvalue weighted by Gasteiger charge is 2.17. The lowest BCUT2D eigenvalue weighted by atomic mass is 10.0. The van der Waals surface area contributed by atoms with E-state index in [0.29, 0.717) is 0 Å². The topological polar surface area (TPSA) is 18.5 Å². The molecule has 2 aromatic rings. The molecule has 4 heteroatoms. The van der Waals surface area contributed by atoms with Gasteiger partial charge in [0.05, 0.1) is 19.0 Å². The lowest BCUT2D eigenvalue weighted by Gasteiger charge is -2.16. The molecule has 0 aliphatic heterocycles. The fraction of sp³-hybridized carbons (Fsp3) is 0.250. The minimum absolute atomic E-state index is 0.165. The van der Waals surface area contributed by atoms with Gasteiger partial charge in [0.2, 0.25) is 0 Å². The Balaban J connectivity index is 2.48. The Morgan fingerprint density at radius 2 is 1.80 bits per heavy atom. The highest BCUT2D eigenvalue weighted by Crippen LogP contribution is 2.39. The second-order valence-electron chi connectivity index (χ2n) is 4.53. The predicted molar refractivity (Wildman–Crippen MR) is 81.5 cm³/mol. The normalized spacial score (nSPS) is 12.1. The van der Waals surface area contributed by atoms with E-state index in [1.54, 1.807) is 14.2 Å². The largest absolute Gasteiger partial charge is 0.497 e. The van der Waals surface area contributed by atoms with Gasteiger partial charge < -0.3 is 9.47 Å². The fourth-order valence-electron chi connectivity index (χ4n) is 2.13. The molecule has 0 saturated carbocycles. The first-order valence-corrected chi connectivity index (χ1v) is 7.10. The van der Waals surface area contributed by atoms with E-state index in [9.17, 15) is 4.39 Å². The molecule has 0 fully saturated rings. The Morgan fingerprint density at radius 3 is 2.40 bits per heavy atom. The van der Waals surface area contributed by atoms with Crippen molar-refractivity contribution in [3.8, 4) is 11.5 Å². The summed E-state index contributed by atoms with van der Waals surface area (Å²) in [6, 6.07) is 10.5. The van der Waals surface area contributed by atoms with Gasteiger partial charge in [-0.1, -0.05) is 22.0 Å². The zero-order valence-electron chi connectivity index (χ0n) is 11.6. The zero-order chi connectivity index (χ0) is 14.7. The van der Waals surface area contributed by atoms with E-state index in [-0.39, 0.29) is 10.6 Å². The summed E-state index contributed by atoms with van der Waals surface area (Å²) < 4.78 is 24.2. The lowest BCUT2D eigenvalue weighted by Crippen LogP contribution is -1.99. The number of aryl methyl sites for hydroxylation is 1. The number of halogens is 2. The molecule has 0 N–H and O–H groups in total. The maximum absolute atomic E-state index is 13.6. The first-order chi connectivity index (χ1) is 9.55. The van der Waals surface area contributed by atoms with Crippen LogP contribution < -0.4 is 9.47 Å². The molecule has 106 valence electrons. The van der Waals surface area contributed by atoms with E-state index in [1.165, 1.54) is 12.1 Å². The van der Waals surface area contributed by atoms with Gasteiger partial charge in [-0.3, -0.25) is 0 Å². The van der Waals surface area contributed by atoms with Crippen LogP contribution in [-0.2, 0) is 0 Å². The molecule has 2 aromatic carbocycles. The second-order valence-corrected chi connectivity index (χ2v) is 5.45. The third kappa shape index (κ3) is 3.12. The van der Waals surface area contributed by atoms with Crippen molar-refractivity contribution in [1.82, 2.24) is 0 Å². The highest BCUT2D eigenvalue weighted by atomic mass is 79.9. The van der Waals surface area contributed by atoms with Crippen molar-refractivity contribution >= 4 is 15.9 Å². The molecule has 0 heterocycles. The monoisotopic (exact) mass is 338 g/mol. The van der Waals surface area contributed by atoms with Gasteiger partial charge in [-0.25, -0.2) is 4.39 Å². The Hall–Kier alpha value is -1.55. The van der Waals surface area contributed by atoms with Crippen molar-refractivity contribution in [2.45, 2.75) is 11.8 Å². The third-order valence-electron chi connectivity index (χ3n) is 3.07. The number of benzene rings is 2. The molecule has 0 spiro atoms. The predicted octanol–water partition coefficient (Wildman–Crippen LogP) is 4.64. The quantitative estimate of drug-likeness (QED) is 0.756. The van der Waals surface area contributed by atoms with E-state index in [1.807, 2.05) is 31.2 Å². The number of rotatable bonds is 4. The van der Waals surface area contributed by atoms with Crippen LogP contribution in [0.3, 0.4) is 0 Å². The van der Waals surface area contributed by atoms with E-state index in [2.05, 4.69) is 15.9 Å². The van der Waals surface area contributed by atoms with Crippen LogP contribution in [0.25, 0.3) is 0 Å². The third-order valence-corrected chi connectivity index (χ3v) is 4.09. The number of ether oxygens (including phenoxy) is 2. The van der Waals surface area contributed by atoms with Gasteiger partial charge in [0, 0.05) is 5.56 Å². The second kappa shape index (κ2) is 6.27. The molecule has 2 rings (SSSR count). The summed E-state index contributed by atoms with van der Waals surface area (Å²) in [4.78, 5) is -0.165. The van der Waals surface area contributed by atoms with Crippen molar-refractivity contribution in [3.05, 3.63) is 58.9 Å². The standard InChI is InChI=1S/C16H16BrFO2/c1-10-6-11(8-12(18)7-10)16(17)14-9-13(19-2)4-5-15(14)20-3/h4-9,16H,1-3H3. The highest BCUT2D eigenvalue weighted by molar-refractivity contribution is 9.09. The summed E-state index contributed by atoms with van der Waals surface area (Å²) in [6.07, 6.45) is 0. The summed E-state index contributed by atoms with van der Waals surface area (Å²) in [7, 11) is 3.23. The zero-order valence-corrected chi connectivity index (χ0v) is 13.2. The van der Waals surface area contributed by atoms with Crippen LogP contribution in [0.1, 0.15) is 21.5 Å². The van der Waals surface area contributed by atoms with E-state index >= 15 is 0 Å². The number of methoxy groups -OCH3 is 2. The van der Waals surface area contributed by atoms with Crippen LogP contribution >= 0.6 is 15.9 Å². The molecule has 0 amide bonds. The summed E-state index contributed by atoms with van der Waals surface area (Å²) >= 11 is 3.62. The summed E-state index contributed by atoms with van der Waals surface area (Å²) in [6.45, 7) is 1.87. The molecule has 20 heavy (non-hydrogen) atoms. The number of hydrogen-bond donors (Lipinski definition) is 0. The van der Waals surface area contributed by atoms with Crippen LogP contribution in [-0.4, -0.2) is 14.2 Å². The Labute approximate surface area is 126 Å². The molecule has 0 bridgehead atoms. The van der Waals surface area contributed by atoms with E-state index in [0.717, 1.165) is 28.2 Å². The average Bonchev–Trinajstić information content (AvgIpc) is 2.44. The van der Waals surface area contributed by atoms with Crippen LogP contribution in [0.15, 0.2) is 36.4 Å². The molecule has 0 aliphatic rings. The van der Waals surface area contributed by atoms with Crippen LogP contribution in [0, 0.1) is 12.7 Å². The summed E-state index contributed by atoms with van der Waals surface area (Å²) in [5.74, 6) is 1.22. The minimum atomic E-state index is -0.244. The molecule has 2 nitrogen and oxygen atoms in total.